The molecule has 3 aromatic carbocycles. The number of imide groups is 1. The van der Waals surface area contributed by atoms with Crippen molar-refractivity contribution < 1.29 is 27.6 Å². The maximum absolute atomic E-state index is 13.7. The minimum atomic E-state index is -4.18. The van der Waals surface area contributed by atoms with Crippen molar-refractivity contribution in [2.75, 3.05) is 13.1 Å². The van der Waals surface area contributed by atoms with E-state index in [1.807, 2.05) is 0 Å². The molecule has 0 radical (unpaired) electrons. The number of carbonyl (C=O) groups excluding carboxylic acids is 4. The van der Waals surface area contributed by atoms with E-state index in [1.54, 1.807) is 36.4 Å². The van der Waals surface area contributed by atoms with Gasteiger partial charge in [0.15, 0.2) is 0 Å². The molecule has 2 aliphatic rings. The van der Waals surface area contributed by atoms with Crippen molar-refractivity contribution in [3.05, 3.63) is 119 Å². The van der Waals surface area contributed by atoms with Gasteiger partial charge in [-0.1, -0.05) is 66.7 Å². The molecule has 0 saturated heterocycles. The van der Waals surface area contributed by atoms with E-state index in [0.29, 0.717) is 0 Å². The molecule has 0 spiro atoms. The molecule has 0 unspecified atom stereocenters. The van der Waals surface area contributed by atoms with Crippen LogP contribution in [0, 0.1) is 0 Å². The number of hydrogen-bond acceptors (Lipinski definition) is 6. The average molecular weight is 528 g/mol. The minimum absolute atomic E-state index is 0.0484. The fraction of sp³-hybridized carbons (Fsp3) is 0.0714. The molecule has 2 aliphatic heterocycles. The summed E-state index contributed by atoms with van der Waals surface area (Å²) in [5, 5.41) is 2.63. The van der Waals surface area contributed by atoms with Crippen LogP contribution >= 0.6 is 0 Å². The van der Waals surface area contributed by atoms with E-state index in [1.165, 1.54) is 48.5 Å². The highest BCUT2D eigenvalue weighted by atomic mass is 32.2. The Morgan fingerprint density at radius 2 is 1.37 bits per heavy atom. The van der Waals surface area contributed by atoms with Crippen LogP contribution in [-0.2, 0) is 14.8 Å². The zero-order chi connectivity index (χ0) is 27.0. The quantitative estimate of drug-likeness (QED) is 0.287. The summed E-state index contributed by atoms with van der Waals surface area (Å²) in [5.74, 6) is -2.65. The van der Waals surface area contributed by atoms with Gasteiger partial charge in [-0.25, -0.2) is 8.42 Å². The maximum Gasteiger partial charge on any atom is 0.265 e. The molecule has 3 aromatic rings. The second-order valence-corrected chi connectivity index (χ2v) is 10.4. The molecule has 0 aliphatic carbocycles. The van der Waals surface area contributed by atoms with Gasteiger partial charge in [0.05, 0.1) is 28.3 Å². The Morgan fingerprint density at radius 3 is 1.97 bits per heavy atom. The van der Waals surface area contributed by atoms with Gasteiger partial charge in [0.2, 0.25) is 11.7 Å². The third kappa shape index (κ3) is 4.00. The molecular weight excluding hydrogens is 506 g/mol. The number of allylic oxidation sites excluding steroid dienone is 1. The molecule has 10 heteroatoms. The maximum atomic E-state index is 13.7. The number of hydrogen-bond donors (Lipinski definition) is 1. The van der Waals surface area contributed by atoms with Crippen molar-refractivity contribution >= 4 is 39.2 Å². The molecule has 0 bridgehead atoms. The summed E-state index contributed by atoms with van der Waals surface area (Å²) in [5.41, 5.74) is 0.380. The van der Waals surface area contributed by atoms with Gasteiger partial charge in [0, 0.05) is 11.1 Å². The number of ketones is 1. The van der Waals surface area contributed by atoms with Gasteiger partial charge in [0.25, 0.3) is 21.8 Å². The van der Waals surface area contributed by atoms with Crippen LogP contribution in [0.25, 0.3) is 5.70 Å². The van der Waals surface area contributed by atoms with Gasteiger partial charge in [0.1, 0.15) is 12.2 Å². The minimum Gasteiger partial charge on any atom is -0.322 e. The average Bonchev–Trinajstić information content (AvgIpc) is 3.16. The molecule has 0 saturated carbocycles. The lowest BCUT2D eigenvalue weighted by molar-refractivity contribution is -0.120. The van der Waals surface area contributed by atoms with Crippen molar-refractivity contribution in [3.8, 4) is 0 Å². The first-order valence-corrected chi connectivity index (χ1v) is 13.0. The highest BCUT2D eigenvalue weighted by molar-refractivity contribution is 7.89. The molecule has 9 nitrogen and oxygen atoms in total. The van der Waals surface area contributed by atoms with Crippen LogP contribution in [0.5, 0.6) is 0 Å². The Labute approximate surface area is 218 Å². The number of Topliss-reactive ketones (excluding diaryl/α,β-unsaturated/α-hetero) is 1. The van der Waals surface area contributed by atoms with Crippen molar-refractivity contribution in [1.82, 2.24) is 14.5 Å². The van der Waals surface area contributed by atoms with Crippen LogP contribution in [0.4, 0.5) is 0 Å². The van der Waals surface area contributed by atoms with E-state index in [0.717, 1.165) is 9.21 Å². The fourth-order valence-electron chi connectivity index (χ4n) is 4.48. The fourth-order valence-corrected chi connectivity index (χ4v) is 6.13. The van der Waals surface area contributed by atoms with E-state index >= 15 is 0 Å². The SMILES string of the molecule is C=CCN1C(C(=O)c2ccccc2)=C(NC(=O)CN2C(=O)c3ccccc3C2=O)c2ccccc2S1(=O)=O. The second-order valence-electron chi connectivity index (χ2n) is 8.53. The molecule has 0 atom stereocenters. The van der Waals surface area contributed by atoms with Gasteiger partial charge in [-0.05, 0) is 18.2 Å². The predicted molar refractivity (Wildman–Crippen MR) is 138 cm³/mol. The van der Waals surface area contributed by atoms with Crippen LogP contribution in [0.2, 0.25) is 0 Å². The number of carbonyl (C=O) groups is 4. The van der Waals surface area contributed by atoms with E-state index in [2.05, 4.69) is 11.9 Å². The number of benzene rings is 3. The van der Waals surface area contributed by atoms with E-state index < -0.39 is 40.1 Å². The first kappa shape index (κ1) is 24.8. The lowest BCUT2D eigenvalue weighted by Crippen LogP contribution is -2.44. The molecule has 1 N–H and O–H groups in total. The van der Waals surface area contributed by atoms with E-state index in [-0.39, 0.29) is 45.1 Å². The van der Waals surface area contributed by atoms with Crippen molar-refractivity contribution in [3.63, 3.8) is 0 Å². The third-order valence-corrected chi connectivity index (χ3v) is 8.02. The van der Waals surface area contributed by atoms with Crippen LogP contribution in [0.3, 0.4) is 0 Å². The Morgan fingerprint density at radius 1 is 0.816 bits per heavy atom. The smallest absolute Gasteiger partial charge is 0.265 e. The molecule has 0 fully saturated rings. The Bertz CT molecular complexity index is 1630. The Balaban J connectivity index is 1.59. The number of nitrogens with one attached hydrogen (secondary N) is 1. The molecule has 3 amide bonds. The summed E-state index contributed by atoms with van der Waals surface area (Å²) in [6.45, 7) is 2.76. The van der Waals surface area contributed by atoms with Gasteiger partial charge in [-0.3, -0.25) is 28.4 Å². The Hall–Kier alpha value is -4.83. The standard InChI is InChI=1S/C28H21N3O6S/c1-2-16-31-25(26(33)18-10-4-3-5-11-18)24(21-14-8-9-15-22(21)38(31,36)37)29-23(32)17-30-27(34)19-12-6-7-13-20(19)28(30)35/h2-15H,1,16-17H2,(H,29,32). The lowest BCUT2D eigenvalue weighted by atomic mass is 10.0. The third-order valence-electron chi connectivity index (χ3n) is 6.20. The Kier molecular flexibility index (Phi) is 6.25. The van der Waals surface area contributed by atoms with Gasteiger partial charge >= 0.3 is 0 Å². The second kappa shape index (κ2) is 9.56. The predicted octanol–water partition coefficient (Wildman–Crippen LogP) is 2.84. The number of nitrogens with zero attached hydrogens (tertiary/aromatic N) is 2. The molecule has 0 aromatic heterocycles. The van der Waals surface area contributed by atoms with Crippen molar-refractivity contribution in [2.24, 2.45) is 0 Å². The van der Waals surface area contributed by atoms with E-state index in [4.69, 9.17) is 0 Å². The molecule has 190 valence electrons. The first-order chi connectivity index (χ1) is 18.3. The largest absolute Gasteiger partial charge is 0.322 e. The van der Waals surface area contributed by atoms with Gasteiger partial charge in [-0.15, -0.1) is 6.58 Å². The van der Waals surface area contributed by atoms with E-state index in [9.17, 15) is 27.6 Å². The topological polar surface area (TPSA) is 121 Å². The van der Waals surface area contributed by atoms with Crippen molar-refractivity contribution in [2.45, 2.75) is 4.90 Å². The number of fused-ring (bicyclic) bond motifs is 2. The van der Waals surface area contributed by atoms with Crippen molar-refractivity contribution in [1.29, 1.82) is 0 Å². The van der Waals surface area contributed by atoms with Crippen LogP contribution < -0.4 is 5.32 Å². The normalized spacial score (nSPS) is 15.7. The summed E-state index contributed by atoms with van der Waals surface area (Å²) < 4.78 is 28.0. The monoisotopic (exact) mass is 527 g/mol. The molecule has 5 rings (SSSR count). The molecular formula is C28H21N3O6S. The zero-order valence-corrected chi connectivity index (χ0v) is 20.8. The molecule has 2 heterocycles. The van der Waals surface area contributed by atoms with Crippen LogP contribution in [-0.4, -0.2) is 54.2 Å². The summed E-state index contributed by atoms with van der Waals surface area (Å²) in [7, 11) is -4.18. The number of sulfonamides is 1. The lowest BCUT2D eigenvalue weighted by Gasteiger charge is -2.33. The zero-order valence-electron chi connectivity index (χ0n) is 20.0. The highest BCUT2D eigenvalue weighted by Gasteiger charge is 2.41. The summed E-state index contributed by atoms with van der Waals surface area (Å²) in [6, 6.07) is 20.3. The summed E-state index contributed by atoms with van der Waals surface area (Å²) in [6.07, 6.45) is 1.34. The van der Waals surface area contributed by atoms with Gasteiger partial charge < -0.3 is 5.32 Å². The highest BCUT2D eigenvalue weighted by Crippen LogP contribution is 2.37. The number of amides is 3. The van der Waals surface area contributed by atoms with Crippen LogP contribution in [0.15, 0.2) is 102 Å². The molecule has 38 heavy (non-hydrogen) atoms. The van der Waals surface area contributed by atoms with Crippen LogP contribution in [0.1, 0.15) is 36.6 Å². The summed E-state index contributed by atoms with van der Waals surface area (Å²) in [4.78, 5) is 53.2. The van der Waals surface area contributed by atoms with Gasteiger partial charge in [-0.2, -0.15) is 0 Å². The summed E-state index contributed by atoms with van der Waals surface area (Å²) >= 11 is 0. The first-order valence-electron chi connectivity index (χ1n) is 11.6. The number of rotatable bonds is 7.